The zero-order chi connectivity index (χ0) is 10.4. The van der Waals surface area contributed by atoms with Crippen LogP contribution < -0.4 is 5.56 Å². The van der Waals surface area contributed by atoms with Crippen molar-refractivity contribution in [3.8, 4) is 6.07 Å². The molecule has 0 aromatic carbocycles. The molecular formula is C10H14N2O. The Labute approximate surface area is 78.2 Å². The van der Waals surface area contributed by atoms with Gasteiger partial charge >= 0.3 is 0 Å². The molecule has 1 rings (SSSR count). The van der Waals surface area contributed by atoms with Crippen LogP contribution >= 0.6 is 0 Å². The van der Waals surface area contributed by atoms with Crippen molar-refractivity contribution < 1.29 is 0 Å². The molecule has 0 saturated carbocycles. The van der Waals surface area contributed by atoms with Crippen molar-refractivity contribution in [2.45, 2.75) is 20.8 Å². The zero-order valence-electron chi connectivity index (χ0n) is 8.46. The summed E-state index contributed by atoms with van der Waals surface area (Å²) >= 11 is 0. The first kappa shape index (κ1) is 11.4. The van der Waals surface area contributed by atoms with Crippen LogP contribution in [0.5, 0.6) is 0 Å². The van der Waals surface area contributed by atoms with E-state index in [1.165, 1.54) is 4.57 Å². The SMILES string of the molecule is CC.Cc1ccn(C)c(=O)c1C#N. The third kappa shape index (κ3) is 2.45. The number of nitrogens with zero attached hydrogens (tertiary/aromatic N) is 2. The van der Waals surface area contributed by atoms with Crippen molar-refractivity contribution in [3.05, 3.63) is 33.7 Å². The fourth-order valence-electron chi connectivity index (χ4n) is 0.856. The number of hydrogen-bond donors (Lipinski definition) is 0. The zero-order valence-corrected chi connectivity index (χ0v) is 8.46. The number of nitriles is 1. The Hall–Kier alpha value is -1.56. The Morgan fingerprint density at radius 1 is 1.46 bits per heavy atom. The molecule has 0 fully saturated rings. The molecule has 1 aromatic rings. The summed E-state index contributed by atoms with van der Waals surface area (Å²) in [4.78, 5) is 11.2. The molecule has 3 heteroatoms. The molecule has 70 valence electrons. The topological polar surface area (TPSA) is 45.8 Å². The second-order valence-corrected chi connectivity index (χ2v) is 2.40. The van der Waals surface area contributed by atoms with Crippen molar-refractivity contribution >= 4 is 0 Å². The summed E-state index contributed by atoms with van der Waals surface area (Å²) in [5.41, 5.74) is 0.734. The molecule has 0 aliphatic carbocycles. The highest BCUT2D eigenvalue weighted by Crippen LogP contribution is 1.97. The lowest BCUT2D eigenvalue weighted by molar-refractivity contribution is 0.850. The maximum atomic E-state index is 11.2. The molecule has 0 N–H and O–H groups in total. The number of aryl methyl sites for hydroxylation is 2. The monoisotopic (exact) mass is 178 g/mol. The van der Waals surface area contributed by atoms with E-state index < -0.39 is 0 Å². The van der Waals surface area contributed by atoms with Crippen LogP contribution in [0.2, 0.25) is 0 Å². The lowest BCUT2D eigenvalue weighted by Gasteiger charge is -1.98. The number of pyridine rings is 1. The summed E-state index contributed by atoms with van der Waals surface area (Å²) in [6.07, 6.45) is 1.65. The summed E-state index contributed by atoms with van der Waals surface area (Å²) in [6, 6.07) is 3.62. The van der Waals surface area contributed by atoms with Crippen LogP contribution in [-0.2, 0) is 7.05 Å². The smallest absolute Gasteiger partial charge is 0.268 e. The Kier molecular flexibility index (Phi) is 4.53. The highest BCUT2D eigenvalue weighted by molar-refractivity contribution is 5.33. The van der Waals surface area contributed by atoms with E-state index in [2.05, 4.69) is 0 Å². The van der Waals surface area contributed by atoms with Crippen molar-refractivity contribution in [2.75, 3.05) is 0 Å². The first-order valence-electron chi connectivity index (χ1n) is 4.23. The summed E-state index contributed by atoms with van der Waals surface area (Å²) < 4.78 is 1.39. The third-order valence-corrected chi connectivity index (χ3v) is 1.59. The van der Waals surface area contributed by atoms with Gasteiger partial charge in [0.15, 0.2) is 0 Å². The van der Waals surface area contributed by atoms with Crippen LogP contribution in [-0.4, -0.2) is 4.57 Å². The molecule has 0 saturated heterocycles. The summed E-state index contributed by atoms with van der Waals surface area (Å²) in [5.74, 6) is 0. The normalized spacial score (nSPS) is 8.23. The van der Waals surface area contributed by atoms with Gasteiger partial charge in [-0.15, -0.1) is 0 Å². The lowest BCUT2D eigenvalue weighted by Crippen LogP contribution is -2.19. The van der Waals surface area contributed by atoms with E-state index in [1.54, 1.807) is 26.2 Å². The summed E-state index contributed by atoms with van der Waals surface area (Å²) in [6.45, 7) is 5.75. The van der Waals surface area contributed by atoms with E-state index in [9.17, 15) is 4.79 Å². The van der Waals surface area contributed by atoms with Gasteiger partial charge in [-0.25, -0.2) is 0 Å². The van der Waals surface area contributed by atoms with Gasteiger partial charge in [-0.2, -0.15) is 5.26 Å². The minimum Gasteiger partial charge on any atom is -0.317 e. The molecule has 0 bridgehead atoms. The van der Waals surface area contributed by atoms with Crippen LogP contribution in [0.4, 0.5) is 0 Å². The fourth-order valence-corrected chi connectivity index (χ4v) is 0.856. The Balaban J connectivity index is 0.000000671. The van der Waals surface area contributed by atoms with E-state index in [-0.39, 0.29) is 11.1 Å². The van der Waals surface area contributed by atoms with E-state index >= 15 is 0 Å². The van der Waals surface area contributed by atoms with Crippen LogP contribution in [0.1, 0.15) is 25.0 Å². The highest BCUT2D eigenvalue weighted by atomic mass is 16.1. The molecule has 0 aliphatic heterocycles. The number of aromatic nitrogens is 1. The molecule has 0 unspecified atom stereocenters. The number of hydrogen-bond acceptors (Lipinski definition) is 2. The predicted octanol–water partition coefficient (Wildman–Crippen LogP) is 1.59. The van der Waals surface area contributed by atoms with Crippen LogP contribution in [0.3, 0.4) is 0 Å². The van der Waals surface area contributed by atoms with Gasteiger partial charge in [0.1, 0.15) is 11.6 Å². The first-order chi connectivity index (χ1) is 6.16. The second-order valence-electron chi connectivity index (χ2n) is 2.40. The molecule has 1 aromatic heterocycles. The standard InChI is InChI=1S/C8H8N2O.C2H6/c1-6-3-4-10(2)8(11)7(6)5-9;1-2/h3-4H,1-2H3;1-2H3. The Bertz CT molecular complexity index is 371. The molecule has 0 amide bonds. The van der Waals surface area contributed by atoms with Crippen molar-refractivity contribution in [1.82, 2.24) is 4.57 Å². The van der Waals surface area contributed by atoms with E-state index in [4.69, 9.17) is 5.26 Å². The number of rotatable bonds is 0. The molecular weight excluding hydrogens is 164 g/mol. The van der Waals surface area contributed by atoms with Crippen molar-refractivity contribution in [1.29, 1.82) is 5.26 Å². The van der Waals surface area contributed by atoms with Gasteiger partial charge in [0, 0.05) is 13.2 Å². The fraction of sp³-hybridized carbons (Fsp3) is 0.400. The van der Waals surface area contributed by atoms with Crippen LogP contribution in [0, 0.1) is 18.3 Å². The molecule has 3 nitrogen and oxygen atoms in total. The molecule has 0 radical (unpaired) electrons. The van der Waals surface area contributed by atoms with Crippen LogP contribution in [0.25, 0.3) is 0 Å². The quantitative estimate of drug-likeness (QED) is 0.605. The molecule has 0 atom stereocenters. The summed E-state index contributed by atoms with van der Waals surface area (Å²) in [5, 5.41) is 8.56. The Morgan fingerprint density at radius 3 is 2.38 bits per heavy atom. The minimum atomic E-state index is -0.229. The minimum absolute atomic E-state index is 0.229. The van der Waals surface area contributed by atoms with Gasteiger partial charge in [-0.1, -0.05) is 13.8 Å². The van der Waals surface area contributed by atoms with Gasteiger partial charge in [0.2, 0.25) is 0 Å². The molecule has 0 spiro atoms. The maximum Gasteiger partial charge on any atom is 0.268 e. The Morgan fingerprint density at radius 2 is 2.00 bits per heavy atom. The van der Waals surface area contributed by atoms with Gasteiger partial charge in [-0.3, -0.25) is 4.79 Å². The van der Waals surface area contributed by atoms with Gasteiger partial charge in [0.25, 0.3) is 5.56 Å². The molecule has 13 heavy (non-hydrogen) atoms. The largest absolute Gasteiger partial charge is 0.317 e. The first-order valence-corrected chi connectivity index (χ1v) is 4.23. The van der Waals surface area contributed by atoms with Gasteiger partial charge < -0.3 is 4.57 Å². The van der Waals surface area contributed by atoms with Gasteiger partial charge in [0.05, 0.1) is 0 Å². The maximum absolute atomic E-state index is 11.2. The van der Waals surface area contributed by atoms with E-state index in [1.807, 2.05) is 19.9 Å². The van der Waals surface area contributed by atoms with E-state index in [0.29, 0.717) is 0 Å². The second kappa shape index (κ2) is 5.15. The van der Waals surface area contributed by atoms with Crippen LogP contribution in [0.15, 0.2) is 17.1 Å². The predicted molar refractivity (Wildman–Crippen MR) is 52.5 cm³/mol. The average molecular weight is 178 g/mol. The molecule has 0 aliphatic rings. The van der Waals surface area contributed by atoms with Gasteiger partial charge in [-0.05, 0) is 18.6 Å². The highest BCUT2D eigenvalue weighted by Gasteiger charge is 2.02. The lowest BCUT2D eigenvalue weighted by atomic mass is 10.2. The third-order valence-electron chi connectivity index (χ3n) is 1.59. The molecule has 1 heterocycles. The average Bonchev–Trinajstić information content (AvgIpc) is 2.16. The van der Waals surface area contributed by atoms with E-state index in [0.717, 1.165) is 5.56 Å². The van der Waals surface area contributed by atoms with Crippen molar-refractivity contribution in [3.63, 3.8) is 0 Å². The summed E-state index contributed by atoms with van der Waals surface area (Å²) in [7, 11) is 1.63. The van der Waals surface area contributed by atoms with Crippen molar-refractivity contribution in [2.24, 2.45) is 7.05 Å².